The zero-order chi connectivity index (χ0) is 24.8. The molecule has 0 spiro atoms. The van der Waals surface area contributed by atoms with Crippen LogP contribution in [-0.2, 0) is 19.3 Å². The van der Waals surface area contributed by atoms with Crippen molar-refractivity contribution in [1.29, 1.82) is 0 Å². The highest BCUT2D eigenvalue weighted by atomic mass is 14.3. The third-order valence-corrected chi connectivity index (χ3v) is 7.84. The van der Waals surface area contributed by atoms with Crippen LogP contribution in [0.4, 0.5) is 0 Å². The Balaban J connectivity index is 1.63. The molecule has 34 heavy (non-hydrogen) atoms. The molecule has 0 saturated heterocycles. The van der Waals surface area contributed by atoms with Crippen LogP contribution in [0.1, 0.15) is 87.1 Å². The van der Waals surface area contributed by atoms with Crippen LogP contribution in [0, 0.1) is 11.8 Å². The van der Waals surface area contributed by atoms with Crippen molar-refractivity contribution in [2.45, 2.75) is 78.6 Å². The highest BCUT2D eigenvalue weighted by molar-refractivity contribution is 5.64. The molecule has 0 heteroatoms. The van der Waals surface area contributed by atoms with E-state index in [0.29, 0.717) is 17.8 Å². The minimum atomic E-state index is 0.394. The van der Waals surface area contributed by atoms with E-state index in [0.717, 1.165) is 44.9 Å². The topological polar surface area (TPSA) is 0 Å². The average molecular weight is 453 g/mol. The lowest BCUT2D eigenvalue weighted by Gasteiger charge is -2.28. The summed E-state index contributed by atoms with van der Waals surface area (Å²) in [5, 5.41) is 0. The maximum absolute atomic E-state index is 4.61. The predicted octanol–water partition coefficient (Wildman–Crippen LogP) is 9.67. The van der Waals surface area contributed by atoms with E-state index in [-0.39, 0.29) is 0 Å². The Labute approximate surface area is 209 Å². The van der Waals surface area contributed by atoms with Crippen LogP contribution in [0.25, 0.3) is 5.57 Å². The van der Waals surface area contributed by atoms with Gasteiger partial charge in [0.25, 0.3) is 0 Å². The van der Waals surface area contributed by atoms with Crippen molar-refractivity contribution < 1.29 is 0 Å². The summed E-state index contributed by atoms with van der Waals surface area (Å²) in [5.74, 6) is 1.34. The normalized spacial score (nSPS) is 18.6. The summed E-state index contributed by atoms with van der Waals surface area (Å²) >= 11 is 0. The second-order valence-electron chi connectivity index (χ2n) is 10.5. The van der Waals surface area contributed by atoms with Crippen molar-refractivity contribution in [3.05, 3.63) is 113 Å². The lowest BCUT2D eigenvalue weighted by Crippen LogP contribution is -2.14. The fraction of sp³-hybridized carbons (Fsp3) is 0.412. The molecular formula is C34H44. The Morgan fingerprint density at radius 1 is 0.971 bits per heavy atom. The fourth-order valence-electron chi connectivity index (χ4n) is 5.73. The highest BCUT2D eigenvalue weighted by Gasteiger charge is 2.28. The van der Waals surface area contributed by atoms with E-state index in [1.165, 1.54) is 50.1 Å². The first-order valence-corrected chi connectivity index (χ1v) is 13.1. The van der Waals surface area contributed by atoms with E-state index in [1.54, 1.807) is 0 Å². The molecular weight excluding hydrogens is 408 g/mol. The Bertz CT molecular complexity index is 1060. The molecule has 0 aromatic heterocycles. The van der Waals surface area contributed by atoms with Gasteiger partial charge in [-0.25, -0.2) is 0 Å². The maximum Gasteiger partial charge on any atom is 0.00772 e. The van der Waals surface area contributed by atoms with Crippen LogP contribution in [-0.4, -0.2) is 0 Å². The minimum Gasteiger partial charge on any atom is -0.0996 e. The molecule has 0 heterocycles. The van der Waals surface area contributed by atoms with Gasteiger partial charge in [0.05, 0.1) is 0 Å². The van der Waals surface area contributed by atoms with Crippen LogP contribution in [0.5, 0.6) is 0 Å². The van der Waals surface area contributed by atoms with Gasteiger partial charge in [-0.2, -0.15) is 0 Å². The standard InChI is InChI=1S/C34H44/c1-9-29-17-18-31(22-30(29)10-2)25(5)16-15-24(4)26(6)21-28(8)34-27(7)19-23(3)20-32-13-11-12-14-33(32)34/h11-14,17-18,22,26-27,34H,3-5,8-10,15-16,19-21H2,1-2,6-7H3. The Morgan fingerprint density at radius 2 is 1.68 bits per heavy atom. The molecule has 0 N–H and O–H groups in total. The average Bonchev–Trinajstić information content (AvgIpc) is 2.95. The van der Waals surface area contributed by atoms with Gasteiger partial charge in [-0.15, -0.1) is 0 Å². The quantitative estimate of drug-likeness (QED) is 0.248. The van der Waals surface area contributed by atoms with Crippen LogP contribution in [0.15, 0.2) is 85.5 Å². The highest BCUT2D eigenvalue weighted by Crippen LogP contribution is 2.43. The molecule has 0 saturated carbocycles. The molecule has 0 fully saturated rings. The van der Waals surface area contributed by atoms with Gasteiger partial charge in [0.2, 0.25) is 0 Å². The first kappa shape index (κ1) is 26.0. The molecule has 0 amide bonds. The van der Waals surface area contributed by atoms with Gasteiger partial charge in [-0.3, -0.25) is 0 Å². The second-order valence-corrected chi connectivity index (χ2v) is 10.5. The molecule has 0 aliphatic heterocycles. The summed E-state index contributed by atoms with van der Waals surface area (Å²) in [4.78, 5) is 0. The Hall–Kier alpha value is -2.60. The van der Waals surface area contributed by atoms with E-state index in [1.807, 2.05) is 0 Å². The SMILES string of the molecule is C=C1Cc2ccccc2C(C(=C)CC(C)C(=C)CCC(=C)c2ccc(CC)c(CC)c2)C(C)C1. The second kappa shape index (κ2) is 11.7. The van der Waals surface area contributed by atoms with Gasteiger partial charge < -0.3 is 0 Å². The van der Waals surface area contributed by atoms with Crippen molar-refractivity contribution in [2.75, 3.05) is 0 Å². The lowest BCUT2D eigenvalue weighted by atomic mass is 9.76. The molecule has 180 valence electrons. The van der Waals surface area contributed by atoms with Crippen LogP contribution < -0.4 is 0 Å². The molecule has 0 radical (unpaired) electrons. The van der Waals surface area contributed by atoms with E-state index >= 15 is 0 Å². The Kier molecular flexibility index (Phi) is 8.95. The van der Waals surface area contributed by atoms with Crippen LogP contribution in [0.3, 0.4) is 0 Å². The number of benzene rings is 2. The van der Waals surface area contributed by atoms with Crippen molar-refractivity contribution in [3.8, 4) is 0 Å². The van der Waals surface area contributed by atoms with Crippen molar-refractivity contribution in [2.24, 2.45) is 11.8 Å². The summed E-state index contributed by atoms with van der Waals surface area (Å²) in [5.41, 5.74) is 12.3. The molecule has 0 nitrogen and oxygen atoms in total. The van der Waals surface area contributed by atoms with Gasteiger partial charge in [0.1, 0.15) is 0 Å². The third kappa shape index (κ3) is 6.09. The summed E-state index contributed by atoms with van der Waals surface area (Å²) in [6, 6.07) is 15.8. The predicted molar refractivity (Wildman–Crippen MR) is 151 cm³/mol. The van der Waals surface area contributed by atoms with Crippen molar-refractivity contribution in [3.63, 3.8) is 0 Å². The molecule has 1 aliphatic rings. The van der Waals surface area contributed by atoms with Crippen molar-refractivity contribution in [1.82, 2.24) is 0 Å². The first-order valence-electron chi connectivity index (χ1n) is 13.1. The monoisotopic (exact) mass is 452 g/mol. The molecule has 2 aromatic rings. The summed E-state index contributed by atoms with van der Waals surface area (Å²) in [6.45, 7) is 27.0. The van der Waals surface area contributed by atoms with Crippen LogP contribution >= 0.6 is 0 Å². The fourth-order valence-corrected chi connectivity index (χ4v) is 5.73. The molecule has 0 bridgehead atoms. The molecule has 3 atom stereocenters. The first-order chi connectivity index (χ1) is 16.2. The lowest BCUT2D eigenvalue weighted by molar-refractivity contribution is 0.482. The number of hydrogen-bond donors (Lipinski definition) is 0. The molecule has 3 rings (SSSR count). The summed E-state index contributed by atoms with van der Waals surface area (Å²) in [6.07, 6.45) is 7.17. The summed E-state index contributed by atoms with van der Waals surface area (Å²) < 4.78 is 0. The third-order valence-electron chi connectivity index (χ3n) is 7.84. The molecule has 3 unspecified atom stereocenters. The van der Waals surface area contributed by atoms with E-state index in [4.69, 9.17) is 0 Å². The van der Waals surface area contributed by atoms with Gasteiger partial charge in [0, 0.05) is 5.92 Å². The van der Waals surface area contributed by atoms with Gasteiger partial charge >= 0.3 is 0 Å². The van der Waals surface area contributed by atoms with Crippen molar-refractivity contribution >= 4 is 5.57 Å². The maximum atomic E-state index is 4.61. The number of rotatable bonds is 10. The van der Waals surface area contributed by atoms with Gasteiger partial charge in [-0.05, 0) is 90.2 Å². The van der Waals surface area contributed by atoms with E-state index in [9.17, 15) is 0 Å². The number of aryl methyl sites for hydroxylation is 2. The zero-order valence-electron chi connectivity index (χ0n) is 22.1. The smallest absolute Gasteiger partial charge is 0.00772 e. The van der Waals surface area contributed by atoms with Crippen LogP contribution in [0.2, 0.25) is 0 Å². The van der Waals surface area contributed by atoms with E-state index in [2.05, 4.69) is 96.5 Å². The number of hydrogen-bond acceptors (Lipinski definition) is 0. The van der Waals surface area contributed by atoms with Gasteiger partial charge in [0.15, 0.2) is 0 Å². The minimum absolute atomic E-state index is 0.394. The molecule has 2 aromatic carbocycles. The summed E-state index contributed by atoms with van der Waals surface area (Å²) in [7, 11) is 0. The number of fused-ring (bicyclic) bond motifs is 1. The largest absolute Gasteiger partial charge is 0.0996 e. The Morgan fingerprint density at radius 3 is 2.38 bits per heavy atom. The number of allylic oxidation sites excluding steroid dienone is 4. The molecule has 1 aliphatic carbocycles. The zero-order valence-corrected chi connectivity index (χ0v) is 22.1. The van der Waals surface area contributed by atoms with E-state index < -0.39 is 0 Å². The van der Waals surface area contributed by atoms with Gasteiger partial charge in [-0.1, -0.05) is 113 Å².